The predicted octanol–water partition coefficient (Wildman–Crippen LogP) is 1.04. The molecule has 0 bridgehead atoms. The van der Waals surface area contributed by atoms with Crippen molar-refractivity contribution in [1.29, 1.82) is 0 Å². The zero-order valence-corrected chi connectivity index (χ0v) is 12.1. The molecule has 2 rings (SSSR count). The van der Waals surface area contributed by atoms with Crippen molar-refractivity contribution in [1.82, 2.24) is 5.32 Å². The fourth-order valence-corrected chi connectivity index (χ4v) is 2.35. The lowest BCUT2D eigenvalue weighted by atomic mass is 9.99. The summed E-state index contributed by atoms with van der Waals surface area (Å²) in [5.41, 5.74) is 0.529. The van der Waals surface area contributed by atoms with E-state index >= 15 is 0 Å². The summed E-state index contributed by atoms with van der Waals surface area (Å²) in [7, 11) is 0. The van der Waals surface area contributed by atoms with Crippen LogP contribution in [0.25, 0.3) is 0 Å². The molecule has 1 aromatic rings. The van der Waals surface area contributed by atoms with Crippen molar-refractivity contribution in [2.24, 2.45) is 0 Å². The Balaban J connectivity index is 1.98. The van der Waals surface area contributed by atoms with Crippen LogP contribution in [0, 0.1) is 13.8 Å². The maximum atomic E-state index is 11.9. The molecule has 0 saturated carbocycles. The molecule has 6 heteroatoms. The molecule has 0 aromatic heterocycles. The van der Waals surface area contributed by atoms with Gasteiger partial charge in [0, 0.05) is 13.0 Å². The largest absolute Gasteiger partial charge is 0.483 e. The number of nitrogens with one attached hydrogen (secondary N) is 1. The molecule has 6 nitrogen and oxygen atoms in total. The van der Waals surface area contributed by atoms with E-state index in [2.05, 4.69) is 5.32 Å². The number of ether oxygens (including phenoxy) is 2. The molecule has 114 valence electrons. The van der Waals surface area contributed by atoms with E-state index in [-0.39, 0.29) is 19.6 Å². The zero-order chi connectivity index (χ0) is 15.5. The van der Waals surface area contributed by atoms with Crippen molar-refractivity contribution >= 4 is 11.9 Å². The van der Waals surface area contributed by atoms with Gasteiger partial charge in [-0.25, -0.2) is 4.79 Å². The third-order valence-corrected chi connectivity index (χ3v) is 3.57. The Hall–Kier alpha value is -2.08. The molecule has 1 unspecified atom stereocenters. The van der Waals surface area contributed by atoms with E-state index in [1.165, 1.54) is 0 Å². The number of hydrogen-bond acceptors (Lipinski definition) is 4. The molecule has 1 aliphatic heterocycles. The molecule has 1 aromatic carbocycles. The first-order chi connectivity index (χ1) is 9.94. The molecule has 1 heterocycles. The van der Waals surface area contributed by atoms with Gasteiger partial charge in [0.1, 0.15) is 5.75 Å². The highest BCUT2D eigenvalue weighted by Crippen LogP contribution is 2.22. The van der Waals surface area contributed by atoms with Crippen LogP contribution in [0.4, 0.5) is 0 Å². The van der Waals surface area contributed by atoms with Crippen LogP contribution < -0.4 is 10.1 Å². The van der Waals surface area contributed by atoms with Gasteiger partial charge in [0.25, 0.3) is 5.91 Å². The van der Waals surface area contributed by atoms with Gasteiger partial charge in [-0.3, -0.25) is 4.79 Å². The quantitative estimate of drug-likeness (QED) is 0.847. The number of carboxylic acids is 1. The van der Waals surface area contributed by atoms with E-state index in [1.807, 2.05) is 32.0 Å². The molecule has 1 aliphatic rings. The van der Waals surface area contributed by atoms with Gasteiger partial charge in [0.05, 0.1) is 6.61 Å². The van der Waals surface area contributed by atoms with E-state index in [1.54, 1.807) is 0 Å². The summed E-state index contributed by atoms with van der Waals surface area (Å²) < 4.78 is 10.6. The number of carbonyl (C=O) groups is 2. The fraction of sp³-hybridized carbons (Fsp3) is 0.467. The van der Waals surface area contributed by atoms with Gasteiger partial charge in [0.2, 0.25) is 0 Å². The first-order valence-electron chi connectivity index (χ1n) is 6.76. The Kier molecular flexibility index (Phi) is 4.47. The topological polar surface area (TPSA) is 84.9 Å². The van der Waals surface area contributed by atoms with Crippen molar-refractivity contribution in [3.8, 4) is 5.75 Å². The van der Waals surface area contributed by atoms with E-state index in [0.717, 1.165) is 11.1 Å². The predicted molar refractivity (Wildman–Crippen MR) is 75.4 cm³/mol. The molecule has 0 spiro atoms. The van der Waals surface area contributed by atoms with Gasteiger partial charge in [-0.15, -0.1) is 0 Å². The van der Waals surface area contributed by atoms with Crippen LogP contribution in [-0.4, -0.2) is 42.3 Å². The lowest BCUT2D eigenvalue weighted by Gasteiger charge is -2.23. The zero-order valence-electron chi connectivity index (χ0n) is 12.1. The highest BCUT2D eigenvalue weighted by atomic mass is 16.5. The Morgan fingerprint density at radius 3 is 2.57 bits per heavy atom. The number of rotatable bonds is 5. The van der Waals surface area contributed by atoms with Crippen molar-refractivity contribution in [2.75, 3.05) is 19.8 Å². The van der Waals surface area contributed by atoms with Gasteiger partial charge >= 0.3 is 5.97 Å². The van der Waals surface area contributed by atoms with Crippen LogP contribution in [-0.2, 0) is 14.3 Å². The summed E-state index contributed by atoms with van der Waals surface area (Å²) in [6, 6.07) is 5.69. The van der Waals surface area contributed by atoms with E-state index in [0.29, 0.717) is 12.4 Å². The smallest absolute Gasteiger partial charge is 0.331 e. The number of aryl methyl sites for hydroxylation is 2. The number of carbonyl (C=O) groups excluding carboxylic acids is 1. The highest BCUT2D eigenvalue weighted by molar-refractivity contribution is 5.88. The van der Waals surface area contributed by atoms with Crippen molar-refractivity contribution in [3.05, 3.63) is 29.3 Å². The molecule has 0 radical (unpaired) electrons. The minimum Gasteiger partial charge on any atom is -0.483 e. The van der Waals surface area contributed by atoms with E-state index < -0.39 is 17.4 Å². The minimum absolute atomic E-state index is 0.0164. The van der Waals surface area contributed by atoms with Crippen LogP contribution in [0.2, 0.25) is 0 Å². The first-order valence-corrected chi connectivity index (χ1v) is 6.76. The van der Waals surface area contributed by atoms with Gasteiger partial charge < -0.3 is 19.9 Å². The maximum Gasteiger partial charge on any atom is 0.331 e. The molecule has 0 aliphatic carbocycles. The average Bonchev–Trinajstić information content (AvgIpc) is 2.88. The molecular formula is C15H19NO5. The normalized spacial score (nSPS) is 21.0. The number of para-hydroxylation sites is 1. The second-order valence-corrected chi connectivity index (χ2v) is 5.25. The van der Waals surface area contributed by atoms with E-state index in [9.17, 15) is 14.7 Å². The highest BCUT2D eigenvalue weighted by Gasteiger charge is 2.43. The number of carboxylic acid groups (broad SMARTS) is 1. The van der Waals surface area contributed by atoms with Crippen LogP contribution >= 0.6 is 0 Å². The first kappa shape index (κ1) is 15.3. The summed E-state index contributed by atoms with van der Waals surface area (Å²) in [6.45, 7) is 3.87. The Morgan fingerprint density at radius 2 is 2.05 bits per heavy atom. The number of amides is 1. The molecule has 2 N–H and O–H groups in total. The maximum absolute atomic E-state index is 11.9. The third-order valence-electron chi connectivity index (χ3n) is 3.57. The van der Waals surface area contributed by atoms with Crippen LogP contribution in [0.15, 0.2) is 18.2 Å². The Bertz CT molecular complexity index is 529. The Labute approximate surface area is 123 Å². The molecule has 21 heavy (non-hydrogen) atoms. The van der Waals surface area contributed by atoms with Crippen LogP contribution in [0.1, 0.15) is 17.5 Å². The molecule has 1 fully saturated rings. The third kappa shape index (κ3) is 3.33. The van der Waals surface area contributed by atoms with E-state index in [4.69, 9.17) is 9.47 Å². The van der Waals surface area contributed by atoms with Gasteiger partial charge in [-0.2, -0.15) is 0 Å². The minimum atomic E-state index is -1.33. The monoisotopic (exact) mass is 293 g/mol. The summed E-state index contributed by atoms with van der Waals surface area (Å²) in [5.74, 6) is -0.898. The number of aliphatic carboxylic acids is 1. The van der Waals surface area contributed by atoms with Crippen LogP contribution in [0.3, 0.4) is 0 Å². The number of benzene rings is 1. The molecule has 1 amide bonds. The molecular weight excluding hydrogens is 274 g/mol. The summed E-state index contributed by atoms with van der Waals surface area (Å²) in [5, 5.41) is 11.8. The second kappa shape index (κ2) is 6.13. The van der Waals surface area contributed by atoms with Crippen molar-refractivity contribution in [3.63, 3.8) is 0 Å². The number of hydrogen-bond donors (Lipinski definition) is 2. The van der Waals surface area contributed by atoms with Gasteiger partial charge in [-0.05, 0) is 25.0 Å². The Morgan fingerprint density at radius 1 is 1.38 bits per heavy atom. The SMILES string of the molecule is Cc1cccc(C)c1OCC(=O)NC1(C(=O)O)CCOC1. The summed E-state index contributed by atoms with van der Waals surface area (Å²) in [4.78, 5) is 23.3. The molecule has 1 atom stereocenters. The second-order valence-electron chi connectivity index (χ2n) is 5.25. The summed E-state index contributed by atoms with van der Waals surface area (Å²) in [6.07, 6.45) is 0.261. The summed E-state index contributed by atoms with van der Waals surface area (Å²) >= 11 is 0. The van der Waals surface area contributed by atoms with Crippen molar-refractivity contribution < 1.29 is 24.2 Å². The van der Waals surface area contributed by atoms with Gasteiger partial charge in [-0.1, -0.05) is 18.2 Å². The van der Waals surface area contributed by atoms with Gasteiger partial charge in [0.15, 0.2) is 12.1 Å². The molecule has 1 saturated heterocycles. The van der Waals surface area contributed by atoms with Crippen molar-refractivity contribution in [2.45, 2.75) is 25.8 Å². The fourth-order valence-electron chi connectivity index (χ4n) is 2.35. The average molecular weight is 293 g/mol. The van der Waals surface area contributed by atoms with Crippen LogP contribution in [0.5, 0.6) is 5.75 Å². The lowest BCUT2D eigenvalue weighted by molar-refractivity contribution is -0.148. The lowest BCUT2D eigenvalue weighted by Crippen LogP contribution is -2.56. The standard InChI is InChI=1S/C15H19NO5/c1-10-4-3-5-11(2)13(10)21-8-12(17)16-15(14(18)19)6-7-20-9-15/h3-5H,6-9H2,1-2H3,(H,16,17)(H,18,19).